The fourth-order valence-corrected chi connectivity index (χ4v) is 3.12. The molecule has 2 heteroatoms. The number of hydrogen-bond donors (Lipinski definition) is 0. The first kappa shape index (κ1) is 13.9. The molecule has 1 aliphatic carbocycles. The summed E-state index contributed by atoms with van der Waals surface area (Å²) in [5, 5.41) is 0. The predicted octanol–water partition coefficient (Wildman–Crippen LogP) is 4.74. The second kappa shape index (κ2) is 6.57. The van der Waals surface area contributed by atoms with E-state index < -0.39 is 0 Å². The van der Waals surface area contributed by atoms with Gasteiger partial charge in [-0.05, 0) is 36.0 Å². The van der Waals surface area contributed by atoms with Crippen LogP contribution in [0.4, 0.5) is 0 Å². The summed E-state index contributed by atoms with van der Waals surface area (Å²) in [5.74, 6) is 1.32. The van der Waals surface area contributed by atoms with Gasteiger partial charge < -0.3 is 4.74 Å². The lowest BCUT2D eigenvalue weighted by molar-refractivity contribution is 0.111. The highest BCUT2D eigenvalue weighted by Crippen LogP contribution is 2.40. The third-order valence-electron chi connectivity index (χ3n) is 4.22. The molecule has 0 bridgehead atoms. The summed E-state index contributed by atoms with van der Waals surface area (Å²) >= 11 is 0. The summed E-state index contributed by atoms with van der Waals surface area (Å²) in [6.45, 7) is 0.505. The number of benzene rings is 2. The number of ether oxygens (including phenoxy) is 1. The zero-order valence-electron chi connectivity index (χ0n) is 12.1. The van der Waals surface area contributed by atoms with Crippen LogP contribution in [-0.4, -0.2) is 6.29 Å². The third kappa shape index (κ3) is 3.15. The molecule has 0 radical (unpaired) electrons. The second-order valence-corrected chi connectivity index (χ2v) is 5.64. The average molecular weight is 280 g/mol. The smallest absolute Gasteiger partial charge is 0.153 e. The zero-order valence-corrected chi connectivity index (χ0v) is 12.1. The fourth-order valence-electron chi connectivity index (χ4n) is 3.12. The van der Waals surface area contributed by atoms with Gasteiger partial charge in [-0.25, -0.2) is 0 Å². The van der Waals surface area contributed by atoms with E-state index in [1.54, 1.807) is 0 Å². The van der Waals surface area contributed by atoms with E-state index >= 15 is 0 Å². The molecule has 0 aromatic heterocycles. The Morgan fingerprint density at radius 3 is 2.48 bits per heavy atom. The van der Waals surface area contributed by atoms with Crippen molar-refractivity contribution >= 4 is 6.29 Å². The number of hydrogen-bond acceptors (Lipinski definition) is 2. The van der Waals surface area contributed by atoms with Gasteiger partial charge in [-0.15, -0.1) is 0 Å². The molecule has 108 valence electrons. The molecular formula is C19H20O2. The number of rotatable bonds is 5. The lowest BCUT2D eigenvalue weighted by Crippen LogP contribution is -2.04. The normalized spacial score (nSPS) is 15.0. The van der Waals surface area contributed by atoms with Crippen LogP contribution in [-0.2, 0) is 6.61 Å². The lowest BCUT2D eigenvalue weighted by atomic mass is 9.95. The van der Waals surface area contributed by atoms with Gasteiger partial charge in [-0.3, -0.25) is 4.79 Å². The molecule has 2 aromatic carbocycles. The van der Waals surface area contributed by atoms with Crippen molar-refractivity contribution in [2.75, 3.05) is 0 Å². The van der Waals surface area contributed by atoms with Crippen LogP contribution < -0.4 is 4.74 Å². The average Bonchev–Trinajstić information content (AvgIpc) is 3.08. The molecule has 3 rings (SSSR count). The van der Waals surface area contributed by atoms with Gasteiger partial charge in [0.15, 0.2) is 6.29 Å². The molecule has 1 aliphatic rings. The Kier molecular flexibility index (Phi) is 4.34. The van der Waals surface area contributed by atoms with Crippen LogP contribution in [0.25, 0.3) is 0 Å². The molecule has 0 spiro atoms. The van der Waals surface area contributed by atoms with Gasteiger partial charge in [-0.2, -0.15) is 0 Å². The van der Waals surface area contributed by atoms with Crippen molar-refractivity contribution in [3.8, 4) is 5.75 Å². The maximum absolute atomic E-state index is 11.3. The zero-order chi connectivity index (χ0) is 14.5. The standard InChI is InChI=1S/C19H20O2/c20-13-17-11-6-12-18(16-9-4-5-10-16)19(17)21-14-15-7-2-1-3-8-15/h1-3,6-8,11-13,16H,4-5,9-10,14H2. The summed E-state index contributed by atoms with van der Waals surface area (Å²) in [6.07, 6.45) is 5.84. The summed E-state index contributed by atoms with van der Waals surface area (Å²) in [7, 11) is 0. The molecule has 0 atom stereocenters. The number of carbonyl (C=O) groups is 1. The van der Waals surface area contributed by atoms with E-state index in [2.05, 4.69) is 6.07 Å². The SMILES string of the molecule is O=Cc1cccc(C2CCCC2)c1OCc1ccccc1. The van der Waals surface area contributed by atoms with E-state index in [9.17, 15) is 4.79 Å². The first-order valence-corrected chi connectivity index (χ1v) is 7.63. The van der Waals surface area contributed by atoms with Gasteiger partial charge >= 0.3 is 0 Å². The first-order chi connectivity index (χ1) is 10.4. The van der Waals surface area contributed by atoms with E-state index in [1.165, 1.54) is 31.2 Å². The second-order valence-electron chi connectivity index (χ2n) is 5.64. The van der Waals surface area contributed by atoms with Crippen molar-refractivity contribution in [3.63, 3.8) is 0 Å². The van der Waals surface area contributed by atoms with Crippen molar-refractivity contribution in [1.29, 1.82) is 0 Å². The monoisotopic (exact) mass is 280 g/mol. The molecule has 1 saturated carbocycles. The Hall–Kier alpha value is -2.09. The summed E-state index contributed by atoms with van der Waals surface area (Å²) in [4.78, 5) is 11.3. The van der Waals surface area contributed by atoms with Crippen LogP contribution in [0.15, 0.2) is 48.5 Å². The van der Waals surface area contributed by atoms with Crippen LogP contribution in [0, 0.1) is 0 Å². The van der Waals surface area contributed by atoms with Crippen molar-refractivity contribution in [1.82, 2.24) is 0 Å². The quantitative estimate of drug-likeness (QED) is 0.740. The topological polar surface area (TPSA) is 26.3 Å². The molecule has 0 unspecified atom stereocenters. The van der Waals surface area contributed by atoms with E-state index in [1.807, 2.05) is 42.5 Å². The Morgan fingerprint density at radius 1 is 1.00 bits per heavy atom. The van der Waals surface area contributed by atoms with Crippen molar-refractivity contribution < 1.29 is 9.53 Å². The molecule has 21 heavy (non-hydrogen) atoms. The highest BCUT2D eigenvalue weighted by molar-refractivity contribution is 5.80. The Balaban J connectivity index is 1.86. The molecule has 2 aromatic rings. The lowest BCUT2D eigenvalue weighted by Gasteiger charge is -2.17. The number of para-hydroxylation sites is 1. The van der Waals surface area contributed by atoms with E-state index in [0.717, 1.165) is 17.6 Å². The fraction of sp³-hybridized carbons (Fsp3) is 0.316. The Bertz CT molecular complexity index is 598. The number of carbonyl (C=O) groups excluding carboxylic acids is 1. The molecule has 0 N–H and O–H groups in total. The Labute approximate surface area is 125 Å². The molecule has 2 nitrogen and oxygen atoms in total. The maximum Gasteiger partial charge on any atom is 0.153 e. The van der Waals surface area contributed by atoms with Gasteiger partial charge in [0.05, 0.1) is 5.56 Å². The van der Waals surface area contributed by atoms with Crippen molar-refractivity contribution in [2.45, 2.75) is 38.2 Å². The first-order valence-electron chi connectivity index (χ1n) is 7.63. The van der Waals surface area contributed by atoms with Crippen LogP contribution in [0.5, 0.6) is 5.75 Å². The molecule has 0 saturated heterocycles. The third-order valence-corrected chi connectivity index (χ3v) is 4.22. The van der Waals surface area contributed by atoms with E-state index in [4.69, 9.17) is 4.74 Å². The summed E-state index contributed by atoms with van der Waals surface area (Å²) in [5.41, 5.74) is 2.99. The van der Waals surface area contributed by atoms with Crippen LogP contribution in [0.3, 0.4) is 0 Å². The van der Waals surface area contributed by atoms with Gasteiger partial charge in [0.1, 0.15) is 12.4 Å². The number of aldehydes is 1. The summed E-state index contributed by atoms with van der Waals surface area (Å²) in [6, 6.07) is 16.0. The predicted molar refractivity (Wildman–Crippen MR) is 83.8 cm³/mol. The van der Waals surface area contributed by atoms with Gasteiger partial charge in [-0.1, -0.05) is 55.3 Å². The van der Waals surface area contributed by atoms with Crippen molar-refractivity contribution in [3.05, 3.63) is 65.2 Å². The van der Waals surface area contributed by atoms with E-state index in [0.29, 0.717) is 18.1 Å². The minimum atomic E-state index is 0.505. The maximum atomic E-state index is 11.3. The van der Waals surface area contributed by atoms with Crippen LogP contribution >= 0.6 is 0 Å². The highest BCUT2D eigenvalue weighted by atomic mass is 16.5. The van der Waals surface area contributed by atoms with Gasteiger partial charge in [0.25, 0.3) is 0 Å². The molecular weight excluding hydrogens is 260 g/mol. The van der Waals surface area contributed by atoms with E-state index in [-0.39, 0.29) is 0 Å². The molecule has 1 fully saturated rings. The minimum Gasteiger partial charge on any atom is -0.488 e. The molecule has 0 heterocycles. The van der Waals surface area contributed by atoms with Gasteiger partial charge in [0.2, 0.25) is 0 Å². The largest absolute Gasteiger partial charge is 0.488 e. The Morgan fingerprint density at radius 2 is 1.76 bits per heavy atom. The summed E-state index contributed by atoms with van der Waals surface area (Å²) < 4.78 is 6.03. The van der Waals surface area contributed by atoms with Crippen LogP contribution in [0.1, 0.15) is 53.1 Å². The molecule has 0 amide bonds. The van der Waals surface area contributed by atoms with Crippen molar-refractivity contribution in [2.24, 2.45) is 0 Å². The highest BCUT2D eigenvalue weighted by Gasteiger charge is 2.22. The van der Waals surface area contributed by atoms with Crippen LogP contribution in [0.2, 0.25) is 0 Å². The molecule has 0 aliphatic heterocycles. The minimum absolute atomic E-state index is 0.505. The van der Waals surface area contributed by atoms with Gasteiger partial charge in [0, 0.05) is 0 Å².